The van der Waals surface area contributed by atoms with Crippen LogP contribution >= 0.6 is 0 Å². The predicted molar refractivity (Wildman–Crippen MR) is 39.4 cm³/mol. The first-order valence-corrected chi connectivity index (χ1v) is 2.84. The molecule has 0 saturated heterocycles. The molecule has 0 saturated carbocycles. The van der Waals surface area contributed by atoms with Crippen LogP contribution < -0.4 is 0 Å². The van der Waals surface area contributed by atoms with Crippen molar-refractivity contribution < 1.29 is 9.90 Å². The van der Waals surface area contributed by atoms with E-state index in [1.165, 1.54) is 11.1 Å². The van der Waals surface area contributed by atoms with Gasteiger partial charge in [0.1, 0.15) is 6.54 Å². The van der Waals surface area contributed by atoms with E-state index >= 15 is 0 Å². The summed E-state index contributed by atoms with van der Waals surface area (Å²) < 4.78 is 0. The van der Waals surface area contributed by atoms with Crippen LogP contribution in [0.1, 0.15) is 6.92 Å². The van der Waals surface area contributed by atoms with Gasteiger partial charge in [-0.2, -0.15) is 0 Å². The highest BCUT2D eigenvalue weighted by molar-refractivity contribution is 5.69. The zero-order chi connectivity index (χ0) is 8.15. The molecule has 0 atom stereocenters. The van der Waals surface area contributed by atoms with Crippen molar-refractivity contribution in [1.29, 1.82) is 0 Å². The molecule has 0 aromatic rings. The Morgan fingerprint density at radius 2 is 2.30 bits per heavy atom. The van der Waals surface area contributed by atoms with Crippen LogP contribution in [0.3, 0.4) is 0 Å². The molecule has 0 aliphatic rings. The van der Waals surface area contributed by atoms with Gasteiger partial charge in [-0.15, -0.1) is 0 Å². The Hall–Kier alpha value is -1.25. The van der Waals surface area contributed by atoms with Crippen molar-refractivity contribution in [2.45, 2.75) is 6.92 Å². The molecule has 1 N–H and O–H groups in total. The first kappa shape index (κ1) is 8.75. The molecule has 0 aromatic heterocycles. The van der Waals surface area contributed by atoms with Crippen LogP contribution in [0.15, 0.2) is 25.1 Å². The van der Waals surface area contributed by atoms with Crippen LogP contribution in [0, 0.1) is 0 Å². The number of rotatable bonds is 4. The van der Waals surface area contributed by atoms with Crippen molar-refractivity contribution in [1.82, 2.24) is 4.90 Å². The van der Waals surface area contributed by atoms with Crippen molar-refractivity contribution in [2.24, 2.45) is 0 Å². The average molecular weight is 141 g/mol. The van der Waals surface area contributed by atoms with Crippen LogP contribution in [0.4, 0.5) is 0 Å². The molecular formula is C7H11NO2. The third kappa shape index (κ3) is 2.91. The molecule has 0 aliphatic carbocycles. The number of aliphatic carboxylic acids is 1. The van der Waals surface area contributed by atoms with Gasteiger partial charge in [0.25, 0.3) is 0 Å². The lowest BCUT2D eigenvalue weighted by Gasteiger charge is -2.15. The van der Waals surface area contributed by atoms with Gasteiger partial charge < -0.3 is 10.0 Å². The first-order valence-electron chi connectivity index (χ1n) is 2.84. The van der Waals surface area contributed by atoms with Gasteiger partial charge in [-0.05, 0) is 13.1 Å². The molecule has 3 heteroatoms. The van der Waals surface area contributed by atoms with E-state index in [1.807, 2.05) is 0 Å². The minimum Gasteiger partial charge on any atom is -0.480 e. The van der Waals surface area contributed by atoms with E-state index in [-0.39, 0.29) is 6.54 Å². The molecular weight excluding hydrogens is 130 g/mol. The van der Waals surface area contributed by atoms with E-state index in [2.05, 4.69) is 13.2 Å². The van der Waals surface area contributed by atoms with Crippen LogP contribution in [0.5, 0.6) is 0 Å². The van der Waals surface area contributed by atoms with Gasteiger partial charge in [-0.1, -0.05) is 13.2 Å². The number of nitrogens with zero attached hydrogens (tertiary/aromatic N) is 1. The third-order valence-electron chi connectivity index (χ3n) is 1.02. The molecule has 0 fully saturated rings. The Labute approximate surface area is 60.3 Å². The summed E-state index contributed by atoms with van der Waals surface area (Å²) >= 11 is 0. The molecule has 0 radical (unpaired) electrons. The maximum atomic E-state index is 10.1. The van der Waals surface area contributed by atoms with Crippen molar-refractivity contribution in [3.8, 4) is 0 Å². The molecule has 0 rings (SSSR count). The number of carboxylic acid groups (broad SMARTS) is 1. The number of carboxylic acids is 1. The van der Waals surface area contributed by atoms with Crippen LogP contribution in [0.2, 0.25) is 0 Å². The monoisotopic (exact) mass is 141 g/mol. The summed E-state index contributed by atoms with van der Waals surface area (Å²) in [6.45, 7) is 8.66. The van der Waals surface area contributed by atoms with E-state index in [0.717, 1.165) is 0 Å². The lowest BCUT2D eigenvalue weighted by Crippen LogP contribution is -2.22. The molecule has 0 heterocycles. The zero-order valence-electron chi connectivity index (χ0n) is 6.00. The third-order valence-corrected chi connectivity index (χ3v) is 1.02. The largest absolute Gasteiger partial charge is 0.480 e. The standard InChI is InChI=1S/C7H11NO2/c1-4-8(6(2)3)5-7(9)10/h4H,1-2,5H2,3H3,(H,9,10). The van der Waals surface area contributed by atoms with Gasteiger partial charge in [0, 0.05) is 5.70 Å². The summed E-state index contributed by atoms with van der Waals surface area (Å²) in [5, 5.41) is 8.33. The second-order valence-electron chi connectivity index (χ2n) is 1.94. The van der Waals surface area contributed by atoms with Crippen LogP contribution in [-0.2, 0) is 4.79 Å². The van der Waals surface area contributed by atoms with Gasteiger partial charge in [-0.3, -0.25) is 4.79 Å². The number of carbonyl (C=O) groups is 1. The lowest BCUT2D eigenvalue weighted by molar-refractivity contribution is -0.137. The SMILES string of the molecule is C=CN(CC(=O)O)C(=C)C. The Kier molecular flexibility index (Phi) is 3.25. The second kappa shape index (κ2) is 3.71. The zero-order valence-corrected chi connectivity index (χ0v) is 6.00. The lowest BCUT2D eigenvalue weighted by atomic mass is 10.4. The Morgan fingerprint density at radius 1 is 1.80 bits per heavy atom. The molecule has 56 valence electrons. The van der Waals surface area contributed by atoms with E-state index < -0.39 is 5.97 Å². The Bertz CT molecular complexity index is 163. The Morgan fingerprint density at radius 3 is 2.40 bits per heavy atom. The second-order valence-corrected chi connectivity index (χ2v) is 1.94. The highest BCUT2D eigenvalue weighted by Gasteiger charge is 2.03. The van der Waals surface area contributed by atoms with Crippen molar-refractivity contribution in [2.75, 3.05) is 6.54 Å². The molecule has 0 amide bonds. The fourth-order valence-corrected chi connectivity index (χ4v) is 0.501. The maximum Gasteiger partial charge on any atom is 0.323 e. The van der Waals surface area contributed by atoms with Gasteiger partial charge in [0.05, 0.1) is 0 Å². The first-order chi connectivity index (χ1) is 4.57. The summed E-state index contributed by atoms with van der Waals surface area (Å²) in [6.07, 6.45) is 1.44. The van der Waals surface area contributed by atoms with Gasteiger partial charge in [0.2, 0.25) is 0 Å². The minimum absolute atomic E-state index is 0.0706. The molecule has 0 unspecified atom stereocenters. The minimum atomic E-state index is -0.886. The normalized spacial score (nSPS) is 8.50. The smallest absolute Gasteiger partial charge is 0.323 e. The number of hydrogen-bond donors (Lipinski definition) is 1. The summed E-state index contributed by atoms with van der Waals surface area (Å²) in [4.78, 5) is 11.6. The summed E-state index contributed by atoms with van der Waals surface area (Å²) in [5.74, 6) is -0.886. The van der Waals surface area contributed by atoms with E-state index in [0.29, 0.717) is 5.70 Å². The van der Waals surface area contributed by atoms with E-state index in [4.69, 9.17) is 5.11 Å². The predicted octanol–water partition coefficient (Wildman–Crippen LogP) is 1.05. The van der Waals surface area contributed by atoms with Gasteiger partial charge >= 0.3 is 5.97 Å². The number of allylic oxidation sites excluding steroid dienone is 1. The van der Waals surface area contributed by atoms with Gasteiger partial charge in [-0.25, -0.2) is 0 Å². The van der Waals surface area contributed by atoms with Crippen molar-refractivity contribution in [3.63, 3.8) is 0 Å². The molecule has 0 aromatic carbocycles. The average Bonchev–Trinajstić information content (AvgIpc) is 1.81. The number of hydrogen-bond acceptors (Lipinski definition) is 2. The molecule has 0 aliphatic heterocycles. The van der Waals surface area contributed by atoms with E-state index in [9.17, 15) is 4.79 Å². The van der Waals surface area contributed by atoms with Crippen molar-refractivity contribution in [3.05, 3.63) is 25.1 Å². The fraction of sp³-hybridized carbons (Fsp3) is 0.286. The molecule has 0 spiro atoms. The molecule has 3 nitrogen and oxygen atoms in total. The van der Waals surface area contributed by atoms with Crippen LogP contribution in [0.25, 0.3) is 0 Å². The summed E-state index contributed by atoms with van der Waals surface area (Å²) in [5.41, 5.74) is 0.678. The highest BCUT2D eigenvalue weighted by atomic mass is 16.4. The fourth-order valence-electron chi connectivity index (χ4n) is 0.501. The topological polar surface area (TPSA) is 40.5 Å². The molecule has 0 bridgehead atoms. The van der Waals surface area contributed by atoms with E-state index in [1.54, 1.807) is 6.92 Å². The summed E-state index contributed by atoms with van der Waals surface area (Å²) in [7, 11) is 0. The van der Waals surface area contributed by atoms with Crippen molar-refractivity contribution >= 4 is 5.97 Å². The maximum absolute atomic E-state index is 10.1. The molecule has 10 heavy (non-hydrogen) atoms. The summed E-state index contributed by atoms with van der Waals surface area (Å²) in [6, 6.07) is 0. The van der Waals surface area contributed by atoms with Crippen LogP contribution in [-0.4, -0.2) is 22.5 Å². The quantitative estimate of drug-likeness (QED) is 0.636. The van der Waals surface area contributed by atoms with Gasteiger partial charge in [0.15, 0.2) is 0 Å². The Balaban J connectivity index is 3.96. The highest BCUT2D eigenvalue weighted by Crippen LogP contribution is 1.98.